The van der Waals surface area contributed by atoms with Crippen LogP contribution in [-0.2, 0) is 11.3 Å². The fraction of sp³-hybridized carbons (Fsp3) is 0.100. The van der Waals surface area contributed by atoms with Crippen molar-refractivity contribution >= 4 is 28.6 Å². The largest absolute Gasteiger partial charge is 0.304 e. The molecule has 2 heterocycles. The molecule has 4 nitrogen and oxygen atoms in total. The number of fused-ring (bicyclic) bond motifs is 1. The van der Waals surface area contributed by atoms with Crippen molar-refractivity contribution < 1.29 is 9.18 Å². The molecule has 1 aromatic heterocycles. The molecule has 1 amide bonds. The van der Waals surface area contributed by atoms with Crippen LogP contribution in [-0.4, -0.2) is 17.8 Å². The third kappa shape index (κ3) is 2.94. The topological polar surface area (TPSA) is 58.7 Å². The summed E-state index contributed by atoms with van der Waals surface area (Å²) < 4.78 is 14.4. The number of aliphatic imine (C=N–C) groups is 1. The van der Waals surface area contributed by atoms with Crippen molar-refractivity contribution in [1.29, 1.82) is 0 Å². The maximum Gasteiger partial charge on any atom is 0.266 e. The van der Waals surface area contributed by atoms with Crippen LogP contribution in [0.3, 0.4) is 0 Å². The van der Waals surface area contributed by atoms with E-state index in [1.54, 1.807) is 34.4 Å². The lowest BCUT2D eigenvalue weighted by Gasteiger charge is -2.24. The first-order valence-electron chi connectivity index (χ1n) is 8.15. The summed E-state index contributed by atoms with van der Waals surface area (Å²) in [7, 11) is 0. The maximum absolute atomic E-state index is 14.4. The first-order valence-corrected chi connectivity index (χ1v) is 9.09. The Morgan fingerprint density at radius 1 is 1.08 bits per heavy atom. The van der Waals surface area contributed by atoms with E-state index in [0.717, 1.165) is 5.56 Å². The maximum atomic E-state index is 14.4. The molecule has 0 radical (unpaired) electrons. The van der Waals surface area contributed by atoms with Gasteiger partial charge >= 0.3 is 0 Å². The highest BCUT2D eigenvalue weighted by Gasteiger charge is 2.30. The smallest absolute Gasteiger partial charge is 0.266 e. The zero-order valence-corrected chi connectivity index (χ0v) is 14.6. The predicted octanol–water partition coefficient (Wildman–Crippen LogP) is 3.56. The van der Waals surface area contributed by atoms with Crippen molar-refractivity contribution in [3.05, 3.63) is 87.9 Å². The van der Waals surface area contributed by atoms with Crippen LogP contribution in [0.1, 0.15) is 16.7 Å². The number of hydrogen-bond donors (Lipinski definition) is 1. The molecule has 0 fully saturated rings. The number of anilines is 1. The minimum atomic E-state index is -1.09. The van der Waals surface area contributed by atoms with Gasteiger partial charge in [-0.15, -0.1) is 0 Å². The molecular formula is C20H16FN3OS. The van der Waals surface area contributed by atoms with E-state index in [0.29, 0.717) is 29.1 Å². The number of carbonyl (C=O) groups is 1. The van der Waals surface area contributed by atoms with Crippen LogP contribution in [0.25, 0.3) is 0 Å². The van der Waals surface area contributed by atoms with Gasteiger partial charge in [0.15, 0.2) is 6.17 Å². The lowest BCUT2D eigenvalue weighted by Crippen LogP contribution is -2.41. The Kier molecular flexibility index (Phi) is 4.36. The van der Waals surface area contributed by atoms with Gasteiger partial charge in [-0.25, -0.2) is 4.39 Å². The molecular weight excluding hydrogens is 349 g/mol. The highest BCUT2D eigenvalue weighted by Crippen LogP contribution is 2.30. The van der Waals surface area contributed by atoms with Gasteiger partial charge in [-0.2, -0.15) is 11.3 Å². The van der Waals surface area contributed by atoms with Gasteiger partial charge in [0, 0.05) is 11.1 Å². The number of amides is 1. The van der Waals surface area contributed by atoms with Gasteiger partial charge in [-0.05, 0) is 40.6 Å². The summed E-state index contributed by atoms with van der Waals surface area (Å²) in [5.74, 6) is -0.707. The second-order valence-electron chi connectivity index (χ2n) is 5.98. The van der Waals surface area contributed by atoms with Gasteiger partial charge in [0.1, 0.15) is 5.82 Å². The van der Waals surface area contributed by atoms with E-state index in [2.05, 4.69) is 4.99 Å². The molecule has 2 aromatic carbocycles. The van der Waals surface area contributed by atoms with Gasteiger partial charge in [-0.3, -0.25) is 9.79 Å². The van der Waals surface area contributed by atoms with Crippen LogP contribution in [0.4, 0.5) is 10.1 Å². The fourth-order valence-electron chi connectivity index (χ4n) is 3.05. The number of thiophene rings is 1. The van der Waals surface area contributed by atoms with Crippen LogP contribution in [0.2, 0.25) is 0 Å². The standard InChI is InChI=1S/C20H16FN3OS/c21-16-7-3-1-5-14(16)18-15-6-2-4-8-17(15)24(20(25)19(22)23-18)11-13-9-10-26-12-13/h1-10,12,19H,11,22H2/t19-/m0/s1. The van der Waals surface area contributed by atoms with Crippen LogP contribution in [0.15, 0.2) is 70.3 Å². The number of nitrogens with two attached hydrogens (primary N) is 1. The Labute approximate surface area is 154 Å². The molecule has 1 aliphatic heterocycles. The number of rotatable bonds is 3. The summed E-state index contributed by atoms with van der Waals surface area (Å²) in [6, 6.07) is 15.7. The monoisotopic (exact) mass is 365 g/mol. The molecule has 2 N–H and O–H groups in total. The fourth-order valence-corrected chi connectivity index (χ4v) is 3.71. The van der Waals surface area contributed by atoms with Gasteiger partial charge in [0.05, 0.1) is 17.9 Å². The highest BCUT2D eigenvalue weighted by molar-refractivity contribution is 7.07. The van der Waals surface area contributed by atoms with E-state index in [4.69, 9.17) is 5.73 Å². The van der Waals surface area contributed by atoms with E-state index in [1.165, 1.54) is 6.07 Å². The molecule has 1 atom stereocenters. The summed E-state index contributed by atoms with van der Waals surface area (Å²) >= 11 is 1.57. The Bertz CT molecular complexity index is 984. The van der Waals surface area contributed by atoms with E-state index >= 15 is 0 Å². The number of benzodiazepines with no additional fused rings is 1. The van der Waals surface area contributed by atoms with Crippen molar-refractivity contribution in [3.8, 4) is 0 Å². The molecule has 6 heteroatoms. The quantitative estimate of drug-likeness (QED) is 0.772. The number of nitrogens with zero attached hydrogens (tertiary/aromatic N) is 2. The van der Waals surface area contributed by atoms with E-state index in [-0.39, 0.29) is 5.91 Å². The van der Waals surface area contributed by atoms with E-state index in [9.17, 15) is 9.18 Å². The molecule has 0 bridgehead atoms. The van der Waals surface area contributed by atoms with Gasteiger partial charge in [-0.1, -0.05) is 30.3 Å². The summed E-state index contributed by atoms with van der Waals surface area (Å²) in [4.78, 5) is 18.9. The van der Waals surface area contributed by atoms with Crippen molar-refractivity contribution in [3.63, 3.8) is 0 Å². The Hall–Kier alpha value is -2.83. The molecule has 0 spiro atoms. The first kappa shape index (κ1) is 16.6. The van der Waals surface area contributed by atoms with E-state index < -0.39 is 12.0 Å². The Morgan fingerprint density at radius 3 is 2.54 bits per heavy atom. The Balaban J connectivity index is 1.88. The van der Waals surface area contributed by atoms with Crippen LogP contribution in [0, 0.1) is 5.82 Å². The van der Waals surface area contributed by atoms with Crippen LogP contribution in [0.5, 0.6) is 0 Å². The van der Waals surface area contributed by atoms with Crippen LogP contribution >= 0.6 is 11.3 Å². The second kappa shape index (κ2) is 6.82. The Morgan fingerprint density at radius 2 is 1.81 bits per heavy atom. The average Bonchev–Trinajstić information content (AvgIpc) is 3.14. The SMILES string of the molecule is N[C@H]1N=C(c2ccccc2F)c2ccccc2N(Cc2ccsc2)C1=O. The van der Waals surface area contributed by atoms with Crippen molar-refractivity contribution in [1.82, 2.24) is 0 Å². The minimum absolute atomic E-state index is 0.310. The highest BCUT2D eigenvalue weighted by atomic mass is 32.1. The molecule has 130 valence electrons. The number of para-hydroxylation sites is 1. The van der Waals surface area contributed by atoms with Crippen molar-refractivity contribution in [2.75, 3.05) is 4.90 Å². The lowest BCUT2D eigenvalue weighted by molar-refractivity contribution is -0.119. The summed E-state index contributed by atoms with van der Waals surface area (Å²) in [6.45, 7) is 0.396. The summed E-state index contributed by atoms with van der Waals surface area (Å²) in [6.07, 6.45) is -1.09. The number of benzene rings is 2. The summed E-state index contributed by atoms with van der Waals surface area (Å²) in [5.41, 5.74) is 9.17. The average molecular weight is 365 g/mol. The number of carbonyl (C=O) groups excluding carboxylic acids is 1. The van der Waals surface area contributed by atoms with Crippen molar-refractivity contribution in [2.24, 2.45) is 10.7 Å². The molecule has 0 unspecified atom stereocenters. The molecule has 3 aromatic rings. The third-order valence-corrected chi connectivity index (χ3v) is 5.02. The number of halogens is 1. The molecule has 0 saturated heterocycles. The van der Waals surface area contributed by atoms with Gasteiger partial charge in [0.2, 0.25) is 0 Å². The zero-order valence-electron chi connectivity index (χ0n) is 13.8. The molecule has 0 aliphatic carbocycles. The van der Waals surface area contributed by atoms with Gasteiger partial charge < -0.3 is 10.6 Å². The normalized spacial score (nSPS) is 16.8. The zero-order chi connectivity index (χ0) is 18.1. The number of hydrogen-bond acceptors (Lipinski definition) is 4. The van der Waals surface area contributed by atoms with E-state index in [1.807, 2.05) is 41.1 Å². The third-order valence-electron chi connectivity index (χ3n) is 4.29. The molecule has 0 saturated carbocycles. The first-order chi connectivity index (χ1) is 12.6. The molecule has 4 rings (SSSR count). The van der Waals surface area contributed by atoms with Crippen molar-refractivity contribution in [2.45, 2.75) is 12.7 Å². The van der Waals surface area contributed by atoms with Crippen LogP contribution < -0.4 is 10.6 Å². The molecule has 26 heavy (non-hydrogen) atoms. The minimum Gasteiger partial charge on any atom is -0.304 e. The molecule has 1 aliphatic rings. The van der Waals surface area contributed by atoms with Gasteiger partial charge in [0.25, 0.3) is 5.91 Å². The lowest BCUT2D eigenvalue weighted by atomic mass is 9.99. The predicted molar refractivity (Wildman–Crippen MR) is 102 cm³/mol. The summed E-state index contributed by atoms with van der Waals surface area (Å²) in [5, 5.41) is 3.95. The second-order valence-corrected chi connectivity index (χ2v) is 6.76.